The van der Waals surface area contributed by atoms with Gasteiger partial charge in [-0.2, -0.15) is 0 Å². The molecule has 1 rings (SSSR count). The standard InChI is InChI=1S/C15H30O2/c1-3-5-6-8-11-14(16)15(17-4-2)12-9-7-10-13-15/h14,16H,3-13H2,1-2H3. The minimum atomic E-state index is -0.250. The van der Waals surface area contributed by atoms with Gasteiger partial charge in [0.2, 0.25) is 0 Å². The summed E-state index contributed by atoms with van der Waals surface area (Å²) in [4.78, 5) is 0. The van der Waals surface area contributed by atoms with Crippen molar-refractivity contribution in [2.24, 2.45) is 0 Å². The first kappa shape index (κ1) is 15.0. The summed E-state index contributed by atoms with van der Waals surface area (Å²) in [7, 11) is 0. The fourth-order valence-corrected chi connectivity index (χ4v) is 3.04. The highest BCUT2D eigenvalue weighted by molar-refractivity contribution is 4.91. The number of aliphatic hydroxyl groups excluding tert-OH is 1. The third-order valence-electron chi connectivity index (χ3n) is 4.07. The quantitative estimate of drug-likeness (QED) is 0.650. The molecular formula is C15H30O2. The van der Waals surface area contributed by atoms with Crippen molar-refractivity contribution in [2.45, 2.75) is 89.8 Å². The Bertz CT molecular complexity index is 180. The molecule has 1 aliphatic carbocycles. The van der Waals surface area contributed by atoms with Gasteiger partial charge in [-0.25, -0.2) is 0 Å². The third-order valence-corrected chi connectivity index (χ3v) is 4.07. The monoisotopic (exact) mass is 242 g/mol. The minimum absolute atomic E-state index is 0.209. The maximum atomic E-state index is 10.4. The third kappa shape index (κ3) is 4.59. The summed E-state index contributed by atoms with van der Waals surface area (Å²) in [5, 5.41) is 10.4. The van der Waals surface area contributed by atoms with Crippen LogP contribution in [-0.4, -0.2) is 23.4 Å². The van der Waals surface area contributed by atoms with Crippen molar-refractivity contribution in [1.82, 2.24) is 0 Å². The second-order valence-electron chi connectivity index (χ2n) is 5.42. The first-order chi connectivity index (χ1) is 8.25. The molecule has 0 aromatic heterocycles. The molecule has 0 heterocycles. The van der Waals surface area contributed by atoms with E-state index in [0.29, 0.717) is 0 Å². The van der Waals surface area contributed by atoms with Crippen molar-refractivity contribution < 1.29 is 9.84 Å². The van der Waals surface area contributed by atoms with Crippen LogP contribution in [0.5, 0.6) is 0 Å². The van der Waals surface area contributed by atoms with Gasteiger partial charge in [-0.1, -0.05) is 51.9 Å². The van der Waals surface area contributed by atoms with Gasteiger partial charge in [0.25, 0.3) is 0 Å². The molecule has 102 valence electrons. The molecule has 0 saturated heterocycles. The lowest BCUT2D eigenvalue weighted by atomic mass is 9.79. The normalized spacial score (nSPS) is 21.4. The second-order valence-corrected chi connectivity index (χ2v) is 5.42. The molecule has 0 amide bonds. The predicted molar refractivity (Wildman–Crippen MR) is 72.2 cm³/mol. The second kappa shape index (κ2) is 8.10. The van der Waals surface area contributed by atoms with Gasteiger partial charge in [-0.3, -0.25) is 0 Å². The van der Waals surface area contributed by atoms with Gasteiger partial charge < -0.3 is 9.84 Å². The van der Waals surface area contributed by atoms with Gasteiger partial charge in [0.1, 0.15) is 0 Å². The molecule has 0 spiro atoms. The number of hydrogen-bond acceptors (Lipinski definition) is 2. The number of unbranched alkanes of at least 4 members (excludes halogenated alkanes) is 3. The van der Waals surface area contributed by atoms with E-state index in [1.54, 1.807) is 0 Å². The van der Waals surface area contributed by atoms with Crippen LogP contribution in [0.3, 0.4) is 0 Å². The van der Waals surface area contributed by atoms with Gasteiger partial charge >= 0.3 is 0 Å². The summed E-state index contributed by atoms with van der Waals surface area (Å²) in [6.07, 6.45) is 11.4. The van der Waals surface area contributed by atoms with Crippen molar-refractivity contribution in [1.29, 1.82) is 0 Å². The molecule has 0 aromatic carbocycles. The van der Waals surface area contributed by atoms with Crippen LogP contribution in [0.1, 0.15) is 78.1 Å². The van der Waals surface area contributed by atoms with Crippen LogP contribution in [0, 0.1) is 0 Å². The molecule has 17 heavy (non-hydrogen) atoms. The Hall–Kier alpha value is -0.0800. The summed E-state index contributed by atoms with van der Waals surface area (Å²) < 4.78 is 5.94. The molecule has 0 bridgehead atoms. The molecule has 0 aliphatic heterocycles. The number of rotatable bonds is 8. The van der Waals surface area contributed by atoms with Crippen LogP contribution in [0.4, 0.5) is 0 Å². The van der Waals surface area contributed by atoms with Crippen molar-refractivity contribution >= 4 is 0 Å². The maximum Gasteiger partial charge on any atom is 0.0939 e. The average Bonchev–Trinajstić information content (AvgIpc) is 2.36. The van der Waals surface area contributed by atoms with Crippen LogP contribution < -0.4 is 0 Å². The van der Waals surface area contributed by atoms with E-state index in [0.717, 1.165) is 32.3 Å². The number of aliphatic hydroxyl groups is 1. The van der Waals surface area contributed by atoms with Crippen molar-refractivity contribution in [2.75, 3.05) is 6.61 Å². The van der Waals surface area contributed by atoms with Crippen LogP contribution in [0.15, 0.2) is 0 Å². The van der Waals surface area contributed by atoms with E-state index in [9.17, 15) is 5.11 Å². The Balaban J connectivity index is 2.39. The van der Waals surface area contributed by atoms with Crippen molar-refractivity contribution in [3.05, 3.63) is 0 Å². The highest BCUT2D eigenvalue weighted by atomic mass is 16.5. The molecule has 1 saturated carbocycles. The lowest BCUT2D eigenvalue weighted by molar-refractivity contribution is -0.141. The predicted octanol–water partition coefficient (Wildman–Crippen LogP) is 4.06. The van der Waals surface area contributed by atoms with Gasteiger partial charge in [0.05, 0.1) is 11.7 Å². The van der Waals surface area contributed by atoms with Crippen molar-refractivity contribution in [3.63, 3.8) is 0 Å². The zero-order valence-electron chi connectivity index (χ0n) is 11.7. The van der Waals surface area contributed by atoms with E-state index >= 15 is 0 Å². The molecule has 1 N–H and O–H groups in total. The summed E-state index contributed by atoms with van der Waals surface area (Å²) in [5.41, 5.74) is -0.209. The smallest absolute Gasteiger partial charge is 0.0939 e. The van der Waals surface area contributed by atoms with Gasteiger partial charge in [0.15, 0.2) is 0 Å². The zero-order chi connectivity index (χ0) is 12.6. The number of ether oxygens (including phenoxy) is 1. The molecule has 1 atom stereocenters. The molecule has 0 radical (unpaired) electrons. The highest BCUT2D eigenvalue weighted by Crippen LogP contribution is 2.36. The maximum absolute atomic E-state index is 10.4. The zero-order valence-corrected chi connectivity index (χ0v) is 11.7. The Morgan fingerprint density at radius 3 is 2.35 bits per heavy atom. The number of hydrogen-bond donors (Lipinski definition) is 1. The van der Waals surface area contributed by atoms with Gasteiger partial charge in [-0.15, -0.1) is 0 Å². The largest absolute Gasteiger partial charge is 0.390 e. The van der Waals surface area contributed by atoms with E-state index in [2.05, 4.69) is 6.92 Å². The summed E-state index contributed by atoms with van der Waals surface area (Å²) in [5.74, 6) is 0. The lowest BCUT2D eigenvalue weighted by Gasteiger charge is -2.41. The summed E-state index contributed by atoms with van der Waals surface area (Å²) >= 11 is 0. The topological polar surface area (TPSA) is 29.5 Å². The molecular weight excluding hydrogens is 212 g/mol. The van der Waals surface area contributed by atoms with E-state index in [4.69, 9.17) is 4.74 Å². The van der Waals surface area contributed by atoms with Crippen LogP contribution >= 0.6 is 0 Å². The van der Waals surface area contributed by atoms with Crippen LogP contribution in [-0.2, 0) is 4.74 Å². The molecule has 1 aliphatic rings. The van der Waals surface area contributed by atoms with Crippen molar-refractivity contribution in [3.8, 4) is 0 Å². The first-order valence-electron chi connectivity index (χ1n) is 7.57. The molecule has 1 fully saturated rings. The Morgan fingerprint density at radius 1 is 1.06 bits per heavy atom. The van der Waals surface area contributed by atoms with Gasteiger partial charge in [0, 0.05) is 6.61 Å². The first-order valence-corrected chi connectivity index (χ1v) is 7.57. The SMILES string of the molecule is CCCCCCC(O)C1(OCC)CCCCC1. The van der Waals surface area contributed by atoms with Crippen LogP contribution in [0.25, 0.3) is 0 Å². The Labute approximate surface area is 107 Å². The lowest BCUT2D eigenvalue weighted by Crippen LogP contribution is -2.46. The highest BCUT2D eigenvalue weighted by Gasteiger charge is 2.39. The Morgan fingerprint density at radius 2 is 1.76 bits per heavy atom. The van der Waals surface area contributed by atoms with E-state index in [1.165, 1.54) is 38.5 Å². The average molecular weight is 242 g/mol. The van der Waals surface area contributed by atoms with Crippen LogP contribution in [0.2, 0.25) is 0 Å². The molecule has 1 unspecified atom stereocenters. The van der Waals surface area contributed by atoms with E-state index in [-0.39, 0.29) is 11.7 Å². The fourth-order valence-electron chi connectivity index (χ4n) is 3.04. The molecule has 2 heteroatoms. The van der Waals surface area contributed by atoms with E-state index < -0.39 is 0 Å². The fraction of sp³-hybridized carbons (Fsp3) is 1.00. The summed E-state index contributed by atoms with van der Waals surface area (Å²) in [6.45, 7) is 4.99. The minimum Gasteiger partial charge on any atom is -0.390 e. The molecule has 2 nitrogen and oxygen atoms in total. The van der Waals surface area contributed by atoms with Gasteiger partial charge in [-0.05, 0) is 26.2 Å². The molecule has 0 aromatic rings. The summed E-state index contributed by atoms with van der Waals surface area (Å²) in [6, 6.07) is 0. The Kier molecular flexibility index (Phi) is 7.14. The van der Waals surface area contributed by atoms with E-state index in [1.807, 2.05) is 6.92 Å².